The Morgan fingerprint density at radius 3 is 2.41 bits per heavy atom. The van der Waals surface area contributed by atoms with E-state index in [0.29, 0.717) is 25.9 Å². The molecular weight excluding hydrogens is 405 g/mol. The van der Waals surface area contributed by atoms with Gasteiger partial charge in [0.05, 0.1) is 0 Å². The summed E-state index contributed by atoms with van der Waals surface area (Å²) in [5, 5.41) is 1.12. The molecule has 29 heavy (non-hydrogen) atoms. The van der Waals surface area contributed by atoms with E-state index in [1.807, 2.05) is 18.2 Å². The van der Waals surface area contributed by atoms with Gasteiger partial charge in [0.25, 0.3) is 0 Å². The van der Waals surface area contributed by atoms with E-state index in [4.69, 9.17) is 0 Å². The van der Waals surface area contributed by atoms with Crippen molar-refractivity contribution in [3.63, 3.8) is 0 Å². The molecule has 6 nitrogen and oxygen atoms in total. The average Bonchev–Trinajstić information content (AvgIpc) is 2.66. The number of hydrogen-bond donors (Lipinski definition) is 1. The second kappa shape index (κ2) is 8.50. The van der Waals surface area contributed by atoms with Crippen molar-refractivity contribution in [2.45, 2.75) is 32.0 Å². The average molecular weight is 426 g/mol. The Hall–Kier alpha value is -2.46. The molecule has 0 spiro atoms. The zero-order valence-corrected chi connectivity index (χ0v) is 16.5. The summed E-state index contributed by atoms with van der Waals surface area (Å²) >= 11 is 0. The molecule has 1 aromatic heterocycles. The highest BCUT2D eigenvalue weighted by Gasteiger charge is 2.34. The van der Waals surface area contributed by atoms with Crippen molar-refractivity contribution in [2.24, 2.45) is 0 Å². The lowest BCUT2D eigenvalue weighted by atomic mass is 10.1. The minimum Gasteiger partial charge on any atom is -0.356 e. The number of aromatic nitrogens is 2. The summed E-state index contributed by atoms with van der Waals surface area (Å²) in [7, 11) is -3.62. The van der Waals surface area contributed by atoms with Crippen LogP contribution in [0.15, 0.2) is 41.8 Å². The van der Waals surface area contributed by atoms with E-state index in [9.17, 15) is 21.6 Å². The quantitative estimate of drug-likeness (QED) is 0.794. The Kier molecular flexibility index (Phi) is 6.23. The molecular formula is C19H21F3N4O2S. The van der Waals surface area contributed by atoms with Gasteiger partial charge in [0, 0.05) is 30.6 Å². The van der Waals surface area contributed by atoms with Gasteiger partial charge >= 0.3 is 6.18 Å². The highest BCUT2D eigenvalue weighted by Crippen LogP contribution is 2.30. The molecule has 0 saturated carbocycles. The number of aryl methyl sites for hydroxylation is 1. The molecule has 1 saturated heterocycles. The van der Waals surface area contributed by atoms with Crippen molar-refractivity contribution in [1.82, 2.24) is 14.7 Å². The van der Waals surface area contributed by atoms with Crippen LogP contribution in [0.2, 0.25) is 0 Å². The van der Waals surface area contributed by atoms with Crippen LogP contribution >= 0.6 is 0 Å². The maximum Gasteiger partial charge on any atom is 0.433 e. The first-order valence-corrected chi connectivity index (χ1v) is 10.6. The molecule has 1 aliphatic heterocycles. The van der Waals surface area contributed by atoms with Gasteiger partial charge in [0.15, 0.2) is 0 Å². The number of anilines is 1. The van der Waals surface area contributed by atoms with Crippen molar-refractivity contribution < 1.29 is 21.6 Å². The number of nitrogens with zero attached hydrogens (tertiary/aromatic N) is 3. The molecule has 0 unspecified atom stereocenters. The minimum absolute atomic E-state index is 0.0451. The molecule has 156 valence electrons. The Balaban J connectivity index is 1.61. The summed E-state index contributed by atoms with van der Waals surface area (Å²) < 4.78 is 66.1. The van der Waals surface area contributed by atoms with E-state index in [1.54, 1.807) is 17.0 Å². The third kappa shape index (κ3) is 6.01. The molecule has 2 aromatic rings. The normalized spacial score (nSPS) is 16.5. The zero-order valence-electron chi connectivity index (χ0n) is 15.7. The number of rotatable bonds is 5. The molecule has 0 aliphatic carbocycles. The predicted octanol–water partition coefficient (Wildman–Crippen LogP) is 3.36. The van der Waals surface area contributed by atoms with Crippen molar-refractivity contribution in [2.75, 3.05) is 18.0 Å². The largest absolute Gasteiger partial charge is 0.433 e. The SMILES string of the molecule is Cc1nc(N2CCC(NS(=O)(=O)/C=C/c3ccccc3)CC2)cc(C(F)(F)F)n1. The summed E-state index contributed by atoms with van der Waals surface area (Å²) in [6, 6.07) is 9.70. The van der Waals surface area contributed by atoms with Crippen LogP contribution in [0.4, 0.5) is 19.0 Å². The fourth-order valence-corrected chi connectivity index (χ4v) is 4.20. The molecule has 1 aliphatic rings. The summed E-state index contributed by atoms with van der Waals surface area (Å²) in [6.07, 6.45) is -2.10. The summed E-state index contributed by atoms with van der Waals surface area (Å²) in [5.74, 6) is 0.249. The number of piperidine rings is 1. The first-order valence-electron chi connectivity index (χ1n) is 9.06. The standard InChI is InChI=1S/C19H21F3N4O2S/c1-14-23-17(19(20,21)22)13-18(24-14)26-10-7-16(8-11-26)25-29(27,28)12-9-15-5-3-2-4-6-15/h2-6,9,12-13,16,25H,7-8,10-11H2,1H3/b12-9+. The third-order valence-electron chi connectivity index (χ3n) is 4.50. The number of hydrogen-bond acceptors (Lipinski definition) is 5. The van der Waals surface area contributed by atoms with Crippen LogP contribution < -0.4 is 9.62 Å². The Morgan fingerprint density at radius 2 is 1.79 bits per heavy atom. The van der Waals surface area contributed by atoms with E-state index < -0.39 is 21.9 Å². The predicted molar refractivity (Wildman–Crippen MR) is 105 cm³/mol. The van der Waals surface area contributed by atoms with Crippen LogP contribution in [-0.2, 0) is 16.2 Å². The van der Waals surface area contributed by atoms with E-state index in [2.05, 4.69) is 14.7 Å². The summed E-state index contributed by atoms with van der Waals surface area (Å²) in [4.78, 5) is 9.26. The van der Waals surface area contributed by atoms with Crippen LogP contribution in [0.3, 0.4) is 0 Å². The maximum absolute atomic E-state index is 13.0. The molecule has 0 bridgehead atoms. The van der Waals surface area contributed by atoms with Gasteiger partial charge < -0.3 is 4.90 Å². The lowest BCUT2D eigenvalue weighted by molar-refractivity contribution is -0.141. The van der Waals surface area contributed by atoms with Gasteiger partial charge in [-0.15, -0.1) is 0 Å². The van der Waals surface area contributed by atoms with Gasteiger partial charge in [0.2, 0.25) is 10.0 Å². The zero-order chi connectivity index (χ0) is 21.1. The molecule has 3 rings (SSSR count). The minimum atomic E-state index is -4.54. The molecule has 0 radical (unpaired) electrons. The lowest BCUT2D eigenvalue weighted by Crippen LogP contribution is -2.44. The van der Waals surface area contributed by atoms with Gasteiger partial charge in [-0.2, -0.15) is 13.2 Å². The first kappa shape index (κ1) is 21.3. The first-order chi connectivity index (χ1) is 13.6. The third-order valence-corrected chi connectivity index (χ3v) is 5.66. The van der Waals surface area contributed by atoms with E-state index in [0.717, 1.165) is 17.0 Å². The van der Waals surface area contributed by atoms with Gasteiger partial charge in [-0.05, 0) is 31.4 Å². The van der Waals surface area contributed by atoms with Gasteiger partial charge in [-0.3, -0.25) is 0 Å². The van der Waals surface area contributed by atoms with Crippen LogP contribution in [0, 0.1) is 6.92 Å². The van der Waals surface area contributed by atoms with Crippen molar-refractivity contribution in [3.05, 3.63) is 58.9 Å². The number of benzene rings is 1. The fourth-order valence-electron chi connectivity index (χ4n) is 3.09. The monoisotopic (exact) mass is 426 g/mol. The smallest absolute Gasteiger partial charge is 0.356 e. The van der Waals surface area contributed by atoms with Gasteiger partial charge in [-0.25, -0.2) is 23.1 Å². The van der Waals surface area contributed by atoms with Crippen molar-refractivity contribution in [1.29, 1.82) is 0 Å². The summed E-state index contributed by atoms with van der Waals surface area (Å²) in [6.45, 7) is 2.20. The van der Waals surface area contributed by atoms with Crippen LogP contribution in [-0.4, -0.2) is 37.5 Å². The van der Waals surface area contributed by atoms with Crippen LogP contribution in [0.25, 0.3) is 6.08 Å². The second-order valence-electron chi connectivity index (χ2n) is 6.79. The molecule has 1 fully saturated rings. The Morgan fingerprint density at radius 1 is 1.14 bits per heavy atom. The number of sulfonamides is 1. The number of halogens is 3. The van der Waals surface area contributed by atoms with Gasteiger partial charge in [-0.1, -0.05) is 30.3 Å². The second-order valence-corrected chi connectivity index (χ2v) is 8.39. The molecule has 0 amide bonds. The van der Waals surface area contributed by atoms with Crippen molar-refractivity contribution in [3.8, 4) is 0 Å². The maximum atomic E-state index is 13.0. The van der Waals surface area contributed by atoms with E-state index in [-0.39, 0.29) is 17.7 Å². The van der Waals surface area contributed by atoms with E-state index >= 15 is 0 Å². The highest BCUT2D eigenvalue weighted by atomic mass is 32.2. The Labute approximate surface area is 167 Å². The Bertz CT molecular complexity index is 971. The molecule has 1 N–H and O–H groups in total. The molecule has 2 heterocycles. The summed E-state index contributed by atoms with van der Waals surface area (Å²) in [5.41, 5.74) is -0.207. The highest BCUT2D eigenvalue weighted by molar-refractivity contribution is 7.92. The molecule has 1 aromatic carbocycles. The van der Waals surface area contributed by atoms with Crippen molar-refractivity contribution >= 4 is 21.9 Å². The molecule has 10 heteroatoms. The van der Waals surface area contributed by atoms with Crippen LogP contribution in [0.1, 0.15) is 29.9 Å². The fraction of sp³-hybridized carbons (Fsp3) is 0.368. The van der Waals surface area contributed by atoms with Crippen LogP contribution in [0.5, 0.6) is 0 Å². The number of nitrogens with one attached hydrogen (secondary N) is 1. The topological polar surface area (TPSA) is 75.2 Å². The van der Waals surface area contributed by atoms with E-state index in [1.165, 1.54) is 13.0 Å². The lowest BCUT2D eigenvalue weighted by Gasteiger charge is -2.33. The number of alkyl halides is 3. The molecule has 0 atom stereocenters. The van der Waals surface area contributed by atoms with Gasteiger partial charge in [0.1, 0.15) is 17.3 Å².